The molecule has 3 aromatic rings. The smallest absolute Gasteiger partial charge is 0.303 e. The maximum atomic E-state index is 15.5. The number of rotatable bonds is 11. The number of amides is 4. The monoisotopic (exact) mass is 777 g/mol. The molecule has 15 heteroatoms. The number of likely N-dealkylation sites (tertiary alicyclic amines) is 1. The molecule has 2 heterocycles. The Hall–Kier alpha value is -5.27. The first-order chi connectivity index (χ1) is 25.9. The minimum absolute atomic E-state index is 0.0112. The number of methoxy groups -OCH3 is 3. The molecule has 4 aliphatic rings. The molecule has 2 saturated heterocycles. The summed E-state index contributed by atoms with van der Waals surface area (Å²) in [5.41, 5.74) is 2.95. The van der Waals surface area contributed by atoms with Gasteiger partial charge in [-0.2, -0.15) is 5.01 Å². The molecule has 6 atom stereocenters. The predicted octanol–water partition coefficient (Wildman–Crippen LogP) is 5.57. The molecule has 0 spiro atoms. The van der Waals surface area contributed by atoms with Crippen LogP contribution < -0.4 is 19.6 Å². The van der Waals surface area contributed by atoms with Crippen LogP contribution in [0.1, 0.15) is 42.7 Å². The van der Waals surface area contributed by atoms with E-state index in [-0.39, 0.29) is 60.2 Å². The van der Waals surface area contributed by atoms with Crippen LogP contribution in [0, 0.1) is 23.7 Å². The topological polar surface area (TPSA) is 172 Å². The van der Waals surface area contributed by atoms with Gasteiger partial charge in [0.05, 0.1) is 55.2 Å². The number of halogens is 2. The second-order valence-corrected chi connectivity index (χ2v) is 14.6. The van der Waals surface area contributed by atoms with Crippen LogP contribution in [0.5, 0.6) is 23.0 Å². The van der Waals surface area contributed by atoms with E-state index in [1.807, 2.05) is 6.08 Å². The third kappa shape index (κ3) is 5.72. The van der Waals surface area contributed by atoms with Crippen molar-refractivity contribution in [1.82, 2.24) is 9.91 Å². The third-order valence-corrected chi connectivity index (χ3v) is 11.8. The standard InChI is InChI=1S/C39H37Cl2N3O10/c1-52-22-9-6-19(7-10-22)39-26(36(49)44(38(39)51)42-28-13-8-20(40)15-27(28)41)18-25-23(34(39)33-29(53-2)16-21(45)17-30(33)54-3)11-12-24-32(25)37(50)43(35(24)48)14-4-5-31(46)47/h6-11,13,15-17,24-26,32,34,42,45H,4-5,12,14,18H2,1-3H3,(H,46,47)/t24-,25+,26-,32-,34+,39+/m0/s1. The Bertz CT molecular complexity index is 2080. The summed E-state index contributed by atoms with van der Waals surface area (Å²) in [6, 6.07) is 14.2. The highest BCUT2D eigenvalue weighted by molar-refractivity contribution is 6.36. The van der Waals surface area contributed by atoms with E-state index in [0.29, 0.717) is 27.5 Å². The maximum Gasteiger partial charge on any atom is 0.303 e. The van der Waals surface area contributed by atoms with Crippen molar-refractivity contribution in [2.24, 2.45) is 23.7 Å². The average molecular weight is 779 g/mol. The molecule has 4 amide bonds. The number of aromatic hydroxyl groups is 1. The van der Waals surface area contributed by atoms with E-state index in [1.165, 1.54) is 39.5 Å². The second kappa shape index (κ2) is 14.2. The number of carbonyl (C=O) groups is 5. The lowest BCUT2D eigenvalue weighted by Crippen LogP contribution is -2.53. The third-order valence-electron chi connectivity index (χ3n) is 11.3. The van der Waals surface area contributed by atoms with Gasteiger partial charge < -0.3 is 24.4 Å². The zero-order chi connectivity index (χ0) is 38.6. The van der Waals surface area contributed by atoms with Crippen LogP contribution >= 0.6 is 23.2 Å². The molecule has 282 valence electrons. The summed E-state index contributed by atoms with van der Waals surface area (Å²) in [5, 5.41) is 21.4. The molecule has 3 aromatic carbocycles. The van der Waals surface area contributed by atoms with E-state index < -0.39 is 64.6 Å². The van der Waals surface area contributed by atoms with Gasteiger partial charge in [-0.05, 0) is 61.1 Å². The number of anilines is 1. The van der Waals surface area contributed by atoms with E-state index in [4.69, 9.17) is 37.4 Å². The Balaban J connectivity index is 1.47. The highest BCUT2D eigenvalue weighted by Crippen LogP contribution is 2.66. The van der Waals surface area contributed by atoms with Crippen LogP contribution in [-0.4, -0.2) is 77.6 Å². The van der Waals surface area contributed by atoms with Crippen LogP contribution in [0.15, 0.2) is 66.2 Å². The first-order valence-corrected chi connectivity index (χ1v) is 18.1. The van der Waals surface area contributed by atoms with Gasteiger partial charge in [-0.25, -0.2) is 0 Å². The van der Waals surface area contributed by atoms with Crippen LogP contribution in [-0.2, 0) is 29.4 Å². The summed E-state index contributed by atoms with van der Waals surface area (Å²) in [6.07, 6.45) is 1.91. The molecule has 2 aliphatic heterocycles. The number of hydrogen-bond acceptors (Lipinski definition) is 10. The van der Waals surface area contributed by atoms with E-state index in [1.54, 1.807) is 36.4 Å². The normalized spacial score (nSPS) is 25.9. The molecule has 7 rings (SSSR count). The van der Waals surface area contributed by atoms with E-state index in [0.717, 1.165) is 9.91 Å². The quantitative estimate of drug-likeness (QED) is 0.164. The van der Waals surface area contributed by atoms with Gasteiger partial charge in [-0.1, -0.05) is 47.0 Å². The Morgan fingerprint density at radius 1 is 0.907 bits per heavy atom. The van der Waals surface area contributed by atoms with Crippen molar-refractivity contribution in [1.29, 1.82) is 0 Å². The Morgan fingerprint density at radius 3 is 2.20 bits per heavy atom. The van der Waals surface area contributed by atoms with Gasteiger partial charge >= 0.3 is 5.97 Å². The molecule has 0 bridgehead atoms. The summed E-state index contributed by atoms with van der Waals surface area (Å²) in [7, 11) is 4.33. The van der Waals surface area contributed by atoms with Gasteiger partial charge in [0.1, 0.15) is 23.0 Å². The Labute approximate surface area is 320 Å². The molecule has 54 heavy (non-hydrogen) atoms. The summed E-state index contributed by atoms with van der Waals surface area (Å²) in [5.74, 6) is -6.92. The number of benzene rings is 3. The fourth-order valence-electron chi connectivity index (χ4n) is 9.04. The number of carbonyl (C=O) groups excluding carboxylic acids is 4. The lowest BCUT2D eigenvalue weighted by atomic mass is 9.49. The van der Waals surface area contributed by atoms with E-state index >= 15 is 4.79 Å². The molecule has 2 aliphatic carbocycles. The number of nitrogens with zero attached hydrogens (tertiary/aromatic N) is 2. The van der Waals surface area contributed by atoms with Crippen LogP contribution in [0.2, 0.25) is 10.0 Å². The number of fused-ring (bicyclic) bond motifs is 4. The molecule has 3 N–H and O–H groups in total. The fourth-order valence-corrected chi connectivity index (χ4v) is 9.49. The zero-order valence-corrected chi connectivity index (χ0v) is 31.0. The minimum atomic E-state index is -1.70. The number of ether oxygens (including phenoxy) is 3. The molecule has 13 nitrogen and oxygen atoms in total. The number of carboxylic acids is 1. The highest BCUT2D eigenvalue weighted by Gasteiger charge is 2.71. The van der Waals surface area contributed by atoms with Crippen LogP contribution in [0.3, 0.4) is 0 Å². The molecular weight excluding hydrogens is 741 g/mol. The SMILES string of the molecule is COc1ccc([C@@]23C(=O)N(Nc4ccc(Cl)cc4Cl)C(=O)[C@@H]2C[C@@H]2C(=CC[C@@H]4C(=O)N(CCCC(=O)O)C(=O)[C@@H]42)[C@@H]3c2c(OC)cc(O)cc2OC)cc1. The van der Waals surface area contributed by atoms with Crippen molar-refractivity contribution in [2.75, 3.05) is 33.3 Å². The molecule has 0 aromatic heterocycles. The van der Waals surface area contributed by atoms with Crippen molar-refractivity contribution in [3.8, 4) is 23.0 Å². The average Bonchev–Trinajstić information content (AvgIpc) is 3.52. The summed E-state index contributed by atoms with van der Waals surface area (Å²) >= 11 is 12.7. The number of phenols is 1. The number of phenolic OH excluding ortho intramolecular Hbond substituents is 1. The number of nitrogens with one attached hydrogen (secondary N) is 1. The maximum absolute atomic E-state index is 15.5. The fraction of sp³-hybridized carbons (Fsp3) is 0.359. The minimum Gasteiger partial charge on any atom is -0.508 e. The number of hydrazine groups is 1. The van der Waals surface area contributed by atoms with Crippen LogP contribution in [0.4, 0.5) is 5.69 Å². The molecule has 0 unspecified atom stereocenters. The number of aliphatic carboxylic acids is 1. The lowest BCUT2D eigenvalue weighted by Gasteiger charge is -2.51. The van der Waals surface area contributed by atoms with Crippen LogP contribution in [0.25, 0.3) is 0 Å². The van der Waals surface area contributed by atoms with E-state index in [9.17, 15) is 29.4 Å². The van der Waals surface area contributed by atoms with Gasteiger partial charge in [-0.15, -0.1) is 0 Å². The van der Waals surface area contributed by atoms with E-state index in [2.05, 4.69) is 5.43 Å². The number of allylic oxidation sites excluding steroid dienone is 2. The first-order valence-electron chi connectivity index (χ1n) is 17.3. The molecular formula is C39H37Cl2N3O10. The summed E-state index contributed by atoms with van der Waals surface area (Å²) in [6.45, 7) is -0.0573. The van der Waals surface area contributed by atoms with Gasteiger partial charge in [0.25, 0.3) is 11.8 Å². The molecule has 0 radical (unpaired) electrons. The zero-order valence-electron chi connectivity index (χ0n) is 29.5. The van der Waals surface area contributed by atoms with Crippen molar-refractivity contribution in [3.63, 3.8) is 0 Å². The Morgan fingerprint density at radius 2 is 1.59 bits per heavy atom. The lowest BCUT2D eigenvalue weighted by molar-refractivity contribution is -0.142. The Kier molecular flexibility index (Phi) is 9.73. The number of carboxylic acid groups (broad SMARTS) is 1. The summed E-state index contributed by atoms with van der Waals surface area (Å²) < 4.78 is 17.2. The van der Waals surface area contributed by atoms with Gasteiger partial charge in [0, 0.05) is 41.6 Å². The van der Waals surface area contributed by atoms with Gasteiger partial charge in [-0.3, -0.25) is 34.3 Å². The number of imide groups is 2. The predicted molar refractivity (Wildman–Crippen MR) is 195 cm³/mol. The highest BCUT2D eigenvalue weighted by atomic mass is 35.5. The number of hydrogen-bond donors (Lipinski definition) is 3. The molecule has 3 fully saturated rings. The second-order valence-electron chi connectivity index (χ2n) is 13.8. The van der Waals surface area contributed by atoms with Gasteiger partial charge in [0.2, 0.25) is 11.8 Å². The van der Waals surface area contributed by atoms with Crippen molar-refractivity contribution < 1.29 is 48.4 Å². The van der Waals surface area contributed by atoms with Crippen molar-refractivity contribution >= 4 is 58.5 Å². The first kappa shape index (κ1) is 37.1. The van der Waals surface area contributed by atoms with Crippen molar-refractivity contribution in [3.05, 3.63) is 87.4 Å². The van der Waals surface area contributed by atoms with Crippen molar-refractivity contribution in [2.45, 2.75) is 37.0 Å². The summed E-state index contributed by atoms with van der Waals surface area (Å²) in [4.78, 5) is 70.9. The molecule has 1 saturated carbocycles. The van der Waals surface area contributed by atoms with Gasteiger partial charge in [0.15, 0.2) is 0 Å². The largest absolute Gasteiger partial charge is 0.508 e.